The summed E-state index contributed by atoms with van der Waals surface area (Å²) in [5, 5.41) is 2.09. The number of nitrogens with zero attached hydrogens (tertiary/aromatic N) is 2. The molecule has 6 rings (SSSR count). The Morgan fingerprint density at radius 2 is 1.72 bits per heavy atom. The molecule has 0 unspecified atom stereocenters. The van der Waals surface area contributed by atoms with Gasteiger partial charge in [-0.05, 0) is 55.4 Å². The molecule has 3 aromatic rings. The highest BCUT2D eigenvalue weighted by Gasteiger charge is 2.61. The predicted octanol–water partition coefficient (Wildman–Crippen LogP) is 4.77. The van der Waals surface area contributed by atoms with Crippen molar-refractivity contribution in [1.29, 1.82) is 0 Å². The molecule has 0 saturated carbocycles. The SMILES string of the molecule is COC(=O)c1c(N2C(=O)[C@@H]3[C@H](ON(c4ccccc4C)[C@H]3c3ccccc3)C2=O)sc2c1CCCC2. The van der Waals surface area contributed by atoms with Crippen LogP contribution < -0.4 is 9.96 Å². The lowest BCUT2D eigenvalue weighted by Gasteiger charge is -2.29. The van der Waals surface area contributed by atoms with Crippen molar-refractivity contribution in [2.75, 3.05) is 17.1 Å². The molecule has 1 aromatic heterocycles. The van der Waals surface area contributed by atoms with Gasteiger partial charge in [-0.25, -0.2) is 14.8 Å². The molecule has 1 aliphatic carbocycles. The van der Waals surface area contributed by atoms with Crippen molar-refractivity contribution in [1.82, 2.24) is 0 Å². The molecule has 2 aromatic carbocycles. The van der Waals surface area contributed by atoms with Crippen molar-refractivity contribution < 1.29 is 24.0 Å². The average Bonchev–Trinajstić information content (AvgIpc) is 3.54. The highest BCUT2D eigenvalue weighted by molar-refractivity contribution is 7.17. The summed E-state index contributed by atoms with van der Waals surface area (Å²) >= 11 is 1.36. The molecular weight excluding hydrogens is 476 g/mol. The largest absolute Gasteiger partial charge is 0.465 e. The maximum Gasteiger partial charge on any atom is 0.341 e. The number of hydroxylamine groups is 1. The number of hydrogen-bond acceptors (Lipinski definition) is 7. The van der Waals surface area contributed by atoms with Crippen LogP contribution in [0.25, 0.3) is 0 Å². The minimum Gasteiger partial charge on any atom is -0.465 e. The van der Waals surface area contributed by atoms with Crippen LogP contribution in [0.1, 0.15) is 50.8 Å². The Balaban J connectivity index is 1.46. The van der Waals surface area contributed by atoms with Crippen LogP contribution in [0.2, 0.25) is 0 Å². The summed E-state index contributed by atoms with van der Waals surface area (Å²) in [7, 11) is 1.33. The Kier molecular flexibility index (Phi) is 5.65. The molecule has 0 N–H and O–H groups in total. The van der Waals surface area contributed by atoms with Gasteiger partial charge in [0.05, 0.1) is 24.4 Å². The fourth-order valence-corrected chi connectivity index (χ4v) is 7.03. The van der Waals surface area contributed by atoms with E-state index in [0.29, 0.717) is 10.6 Å². The van der Waals surface area contributed by atoms with Crippen LogP contribution in [-0.4, -0.2) is 31.0 Å². The number of rotatable bonds is 4. The third kappa shape index (κ3) is 3.39. The van der Waals surface area contributed by atoms with Crippen LogP contribution in [0.3, 0.4) is 0 Å². The number of fused-ring (bicyclic) bond motifs is 2. The molecule has 3 aliphatic rings. The van der Waals surface area contributed by atoms with Crippen molar-refractivity contribution in [3.05, 3.63) is 81.7 Å². The Morgan fingerprint density at radius 3 is 2.47 bits per heavy atom. The zero-order valence-corrected chi connectivity index (χ0v) is 20.9. The van der Waals surface area contributed by atoms with E-state index in [2.05, 4.69) is 0 Å². The minimum atomic E-state index is -0.980. The third-order valence-corrected chi connectivity index (χ3v) is 8.63. The number of anilines is 2. The van der Waals surface area contributed by atoms with Crippen LogP contribution in [0.15, 0.2) is 54.6 Å². The number of amides is 2. The van der Waals surface area contributed by atoms with Gasteiger partial charge in [0.2, 0.25) is 5.91 Å². The maximum atomic E-state index is 14.1. The predicted molar refractivity (Wildman–Crippen MR) is 136 cm³/mol. The number of esters is 1. The Labute approximate surface area is 213 Å². The standard InChI is InChI=1S/C28H26N2O5S/c1-16-10-6-8-14-19(16)30-23(17-11-4-3-5-12-17)22-24(35-30)26(32)29(25(22)31)27-21(28(33)34-2)18-13-7-9-15-20(18)36-27/h3-6,8,10-12,14,22-24H,7,9,13,15H2,1-2H3/t22-,23-,24-/m0/s1. The fraction of sp³-hybridized carbons (Fsp3) is 0.321. The van der Waals surface area contributed by atoms with Crippen molar-refractivity contribution in [2.24, 2.45) is 5.92 Å². The quantitative estimate of drug-likeness (QED) is 0.378. The minimum absolute atomic E-state index is 0.348. The van der Waals surface area contributed by atoms with Crippen LogP contribution >= 0.6 is 11.3 Å². The number of ether oxygens (including phenoxy) is 1. The zero-order valence-electron chi connectivity index (χ0n) is 20.1. The summed E-state index contributed by atoms with van der Waals surface area (Å²) < 4.78 is 5.08. The Morgan fingerprint density at radius 1 is 1.00 bits per heavy atom. The first-order valence-corrected chi connectivity index (χ1v) is 13.0. The summed E-state index contributed by atoms with van der Waals surface area (Å²) in [5.74, 6) is -2.04. The number of carbonyl (C=O) groups excluding carboxylic acids is 3. The van der Waals surface area contributed by atoms with E-state index in [1.807, 2.05) is 61.5 Å². The van der Waals surface area contributed by atoms with Gasteiger partial charge in [0, 0.05) is 4.88 Å². The normalized spacial score (nSPS) is 23.1. The van der Waals surface area contributed by atoms with E-state index in [1.165, 1.54) is 23.3 Å². The fourth-order valence-electron chi connectivity index (χ4n) is 5.65. The number of thiophene rings is 1. The zero-order chi connectivity index (χ0) is 25.0. The van der Waals surface area contributed by atoms with Gasteiger partial charge in [-0.15, -0.1) is 11.3 Å². The first kappa shape index (κ1) is 22.9. The molecule has 7 nitrogen and oxygen atoms in total. The third-order valence-electron chi connectivity index (χ3n) is 7.35. The van der Waals surface area contributed by atoms with Gasteiger partial charge in [0.25, 0.3) is 5.91 Å². The molecular formula is C28H26N2O5S. The number of aryl methyl sites for hydroxylation is 2. The summed E-state index contributed by atoms with van der Waals surface area (Å²) in [6.07, 6.45) is 2.57. The van der Waals surface area contributed by atoms with Crippen molar-refractivity contribution in [3.63, 3.8) is 0 Å². The van der Waals surface area contributed by atoms with E-state index in [1.54, 1.807) is 5.06 Å². The van der Waals surface area contributed by atoms with Gasteiger partial charge in [0.1, 0.15) is 10.9 Å². The molecule has 0 spiro atoms. The summed E-state index contributed by atoms with van der Waals surface area (Å²) in [6, 6.07) is 16.9. The monoisotopic (exact) mass is 502 g/mol. The molecule has 36 heavy (non-hydrogen) atoms. The first-order valence-electron chi connectivity index (χ1n) is 12.2. The van der Waals surface area contributed by atoms with Crippen LogP contribution in [0.5, 0.6) is 0 Å². The van der Waals surface area contributed by atoms with Gasteiger partial charge in [-0.3, -0.25) is 14.4 Å². The molecule has 8 heteroatoms. The highest BCUT2D eigenvalue weighted by Crippen LogP contribution is 2.50. The van der Waals surface area contributed by atoms with E-state index in [0.717, 1.165) is 52.9 Å². The lowest BCUT2D eigenvalue weighted by atomic mass is 9.90. The number of benzene rings is 2. The topological polar surface area (TPSA) is 76.2 Å². The van der Waals surface area contributed by atoms with Gasteiger partial charge in [-0.2, -0.15) is 0 Å². The second kappa shape index (κ2) is 8.87. The maximum absolute atomic E-state index is 14.1. The first-order chi connectivity index (χ1) is 17.5. The molecule has 2 amide bonds. The second-order valence-corrected chi connectivity index (χ2v) is 10.5. The number of methoxy groups -OCH3 is 1. The van der Waals surface area contributed by atoms with E-state index in [-0.39, 0.29) is 5.91 Å². The molecule has 3 atom stereocenters. The number of carbonyl (C=O) groups is 3. The molecule has 0 radical (unpaired) electrons. The summed E-state index contributed by atoms with van der Waals surface area (Å²) in [6.45, 7) is 1.98. The number of imide groups is 1. The van der Waals surface area contributed by atoms with Crippen LogP contribution in [0.4, 0.5) is 10.7 Å². The number of hydrogen-bond donors (Lipinski definition) is 0. The smallest absolute Gasteiger partial charge is 0.341 e. The van der Waals surface area contributed by atoms with Gasteiger partial charge in [0.15, 0.2) is 6.10 Å². The molecule has 2 saturated heterocycles. The van der Waals surface area contributed by atoms with Crippen molar-refractivity contribution in [3.8, 4) is 0 Å². The van der Waals surface area contributed by atoms with Crippen molar-refractivity contribution >= 4 is 39.8 Å². The van der Waals surface area contributed by atoms with Crippen molar-refractivity contribution in [2.45, 2.75) is 44.8 Å². The number of para-hydroxylation sites is 1. The van der Waals surface area contributed by atoms with Crippen LogP contribution in [-0.2, 0) is 32.0 Å². The summed E-state index contributed by atoms with van der Waals surface area (Å²) in [5.41, 5.74) is 3.94. The molecule has 0 bridgehead atoms. The Bertz CT molecular complexity index is 1370. The molecule has 184 valence electrons. The highest BCUT2D eigenvalue weighted by atomic mass is 32.1. The lowest BCUT2D eigenvalue weighted by molar-refractivity contribution is -0.126. The molecule has 3 heterocycles. The summed E-state index contributed by atoms with van der Waals surface area (Å²) in [4.78, 5) is 49.3. The molecule has 2 fully saturated rings. The van der Waals surface area contributed by atoms with Gasteiger partial charge >= 0.3 is 5.97 Å². The van der Waals surface area contributed by atoms with E-state index in [9.17, 15) is 14.4 Å². The lowest BCUT2D eigenvalue weighted by Crippen LogP contribution is -2.38. The van der Waals surface area contributed by atoms with Gasteiger partial charge in [-0.1, -0.05) is 48.5 Å². The Hall–Kier alpha value is -3.49. The van der Waals surface area contributed by atoms with Crippen LogP contribution in [0, 0.1) is 12.8 Å². The van der Waals surface area contributed by atoms with E-state index >= 15 is 0 Å². The average molecular weight is 503 g/mol. The van der Waals surface area contributed by atoms with E-state index in [4.69, 9.17) is 9.57 Å². The second-order valence-electron chi connectivity index (χ2n) is 9.41. The van der Waals surface area contributed by atoms with E-state index < -0.39 is 29.9 Å². The molecule has 2 aliphatic heterocycles. The van der Waals surface area contributed by atoms with Gasteiger partial charge < -0.3 is 4.74 Å².